The molecule has 8 unspecified atom stereocenters. The predicted octanol–water partition coefficient (Wildman–Crippen LogP) is 21.9. The summed E-state index contributed by atoms with van der Waals surface area (Å²) in [5, 5.41) is 60.2. The van der Waals surface area contributed by atoms with Gasteiger partial charge >= 0.3 is 17.9 Å². The van der Waals surface area contributed by atoms with E-state index in [1.54, 1.807) is 22.7 Å². The number of nitrogens with zero attached hydrogens (tertiary/aromatic N) is 16. The predicted molar refractivity (Wildman–Crippen MR) is 587 cm³/mol. The second-order valence-corrected chi connectivity index (χ2v) is 48.6. The molecule has 22 rings (SSSR count). The number of carboxylic acid groups (broad SMARTS) is 3. The van der Waals surface area contributed by atoms with Crippen LogP contribution in [-0.2, 0) is 27.2 Å². The maximum atomic E-state index is 11.5. The molecule has 0 amide bonds. The number of thiophene rings is 2. The number of benzene rings is 4. The summed E-state index contributed by atoms with van der Waals surface area (Å²) in [5.74, 6) is 10.1. The Bertz CT molecular complexity index is 6100. The van der Waals surface area contributed by atoms with Crippen LogP contribution in [0.25, 0.3) is 20.4 Å². The summed E-state index contributed by atoms with van der Waals surface area (Å²) in [5.41, 5.74) is 13.4. The molecule has 6 aromatic heterocycles. The third kappa shape index (κ3) is 23.3. The van der Waals surface area contributed by atoms with E-state index in [2.05, 4.69) is 180 Å². The zero-order valence-electron chi connectivity index (χ0n) is 86.2. The quantitative estimate of drug-likeness (QED) is 0.0226. The number of piperidine rings is 4. The zero-order chi connectivity index (χ0) is 102. The summed E-state index contributed by atoms with van der Waals surface area (Å²) in [6, 6.07) is 30.4. The van der Waals surface area contributed by atoms with Gasteiger partial charge in [0.05, 0.1) is 68.8 Å². The molecular formula is C112H146Cl4N20O7S2. The van der Waals surface area contributed by atoms with Gasteiger partial charge in [0.15, 0.2) is 0 Å². The second kappa shape index (κ2) is 44.6. The van der Waals surface area contributed by atoms with Crippen LogP contribution in [0.4, 0.5) is 47.1 Å². The Morgan fingerprint density at radius 1 is 0.421 bits per heavy atom. The highest BCUT2D eigenvalue weighted by Crippen LogP contribution is 2.50. The number of β-amino-alcohol motifs (C(OH)–C–C–N with tert-alkyl or cyclic N) is 1. The van der Waals surface area contributed by atoms with Crippen LogP contribution >= 0.6 is 69.1 Å². The standard InChI is InChI=1S/2C29H36ClN5O2S.C28H38ClN5O2.C26H36ClN5O/c1-17-6-7-22(23(30)11-17)18(2)31-26-25-24(8-10-38-25)32-28(33-26)35-15-20(16-35)19-5-4-9-34(14-19)21-12-29(3,13-21)27(36)37;1-17-6-7-22(24(30)11-17)18(2)31-25-23-8-10-38-26(23)33-28(32-25)35-15-20(16-35)19-5-4-9-34(14-19)21-12-29(3,13-21)27(36)37;1-16-7-8-24(25(29)10-16)19(4)30-26-17(2)18(3)31-28(32-26)34-14-22(15-34)20-6-5-9-33(13-20)23-11-21(12-23)27(35)36;1-17-8-9-21(23(27)13-17)18(2)28-25-22-6-3-7-24(22)29-26(30-25)32-15-20(16-32)19-5-4-10-31(14-19)11-12-33/h2*6-8,10-11,18-21H,4-5,9,12-16H2,1-3H3,(H,36,37)(H,31,32,33);7-8,10,19-23H,5-6,9,11-15H2,1-4H3,(H,35,36)(H,30,31,32);8-9,13,18-20,33H,3-7,10-12,14-16H2,1-2H3,(H,28,29,30). The van der Waals surface area contributed by atoms with Gasteiger partial charge in [-0.3, -0.25) is 14.4 Å². The fourth-order valence-corrected chi connectivity index (χ4v) is 27.9. The first kappa shape index (κ1) is 104. The average Bonchev–Trinajstić information content (AvgIpc) is 1.66. The van der Waals surface area contributed by atoms with Crippen molar-refractivity contribution in [1.29, 1.82) is 0 Å². The molecule has 8 atom stereocenters. The number of carbonyl (C=O) groups is 3. The first-order valence-electron chi connectivity index (χ1n) is 53.2. The number of aryl methyl sites for hydroxylation is 6. The molecule has 4 aliphatic carbocycles. The Kier molecular flexibility index (Phi) is 32.1. The number of hydrogen-bond donors (Lipinski definition) is 8. The summed E-state index contributed by atoms with van der Waals surface area (Å²) >= 11 is 29.5. The van der Waals surface area contributed by atoms with Gasteiger partial charge in [-0.05, 0) is 357 Å². The minimum Gasteiger partial charge on any atom is -0.481 e. The number of aliphatic hydroxyl groups excluding tert-OH is 1. The number of aliphatic hydroxyl groups is 1. The highest BCUT2D eigenvalue weighted by molar-refractivity contribution is 7.17. The van der Waals surface area contributed by atoms with Crippen molar-refractivity contribution in [2.45, 2.75) is 235 Å². The molecule has 0 bridgehead atoms. The number of likely N-dealkylation sites (tertiary alicyclic amines) is 4. The van der Waals surface area contributed by atoms with Crippen LogP contribution in [0.15, 0.2) is 95.7 Å². The van der Waals surface area contributed by atoms with E-state index in [0.29, 0.717) is 59.6 Å². The molecule has 0 spiro atoms. The van der Waals surface area contributed by atoms with Gasteiger partial charge in [-0.2, -0.15) is 19.9 Å². The molecule has 10 aromatic rings. The van der Waals surface area contributed by atoms with E-state index in [4.69, 9.17) is 86.3 Å². The number of carboxylic acids is 3. The van der Waals surface area contributed by atoms with Crippen molar-refractivity contribution in [2.75, 3.05) is 159 Å². The number of halogens is 4. The third-order valence-electron chi connectivity index (χ3n) is 34.5. The Labute approximate surface area is 882 Å². The molecule has 145 heavy (non-hydrogen) atoms. The number of rotatable bonds is 28. The molecule has 33 heteroatoms. The van der Waals surface area contributed by atoms with Crippen molar-refractivity contribution in [2.24, 2.45) is 64.1 Å². The summed E-state index contributed by atoms with van der Waals surface area (Å²) in [6.45, 7) is 42.5. The maximum Gasteiger partial charge on any atom is 0.309 e. The third-order valence-corrected chi connectivity index (χ3v) is 37.5. The lowest BCUT2D eigenvalue weighted by atomic mass is 9.65. The van der Waals surface area contributed by atoms with Gasteiger partial charge in [0, 0.05) is 140 Å². The normalized spacial score (nSPS) is 25.6. The molecule has 8 aliphatic heterocycles. The van der Waals surface area contributed by atoms with Crippen molar-refractivity contribution in [1.82, 2.24) is 59.5 Å². The topological polar surface area (TPSA) is 309 Å². The largest absolute Gasteiger partial charge is 0.481 e. The van der Waals surface area contributed by atoms with Crippen molar-refractivity contribution < 1.29 is 34.8 Å². The van der Waals surface area contributed by atoms with Gasteiger partial charge in [-0.15, -0.1) is 22.7 Å². The van der Waals surface area contributed by atoms with Crippen LogP contribution in [-0.4, -0.2) is 234 Å². The molecule has 8 N–H and O–H groups in total. The van der Waals surface area contributed by atoms with Crippen molar-refractivity contribution in [3.05, 3.63) is 183 Å². The van der Waals surface area contributed by atoms with Crippen LogP contribution in [0.2, 0.25) is 20.1 Å². The van der Waals surface area contributed by atoms with E-state index >= 15 is 0 Å². The summed E-state index contributed by atoms with van der Waals surface area (Å²) < 4.78 is 1.07. The highest BCUT2D eigenvalue weighted by atomic mass is 35.5. The molecule has 776 valence electrons. The fraction of sp³-hybridized carbons (Fsp3) is 0.580. The Morgan fingerprint density at radius 2 is 0.807 bits per heavy atom. The minimum absolute atomic E-state index is 0.0146. The molecule has 4 aromatic carbocycles. The summed E-state index contributed by atoms with van der Waals surface area (Å²) in [6.07, 6.45) is 17.9. The lowest BCUT2D eigenvalue weighted by Gasteiger charge is -2.52. The van der Waals surface area contributed by atoms with Crippen molar-refractivity contribution in [3.63, 3.8) is 0 Å². The average molecular weight is 2090 g/mol. The number of anilines is 8. The lowest BCUT2D eigenvalue weighted by Crippen LogP contribution is -2.58. The van der Waals surface area contributed by atoms with E-state index in [0.717, 1.165) is 313 Å². The Morgan fingerprint density at radius 3 is 1.26 bits per heavy atom. The summed E-state index contributed by atoms with van der Waals surface area (Å²) in [4.78, 5) is 94.1. The van der Waals surface area contributed by atoms with Crippen molar-refractivity contribution >= 4 is 154 Å². The highest BCUT2D eigenvalue weighted by Gasteiger charge is 2.53. The number of hydrogen-bond acceptors (Lipinski definition) is 26. The molecule has 12 aliphatic rings. The molecule has 8 saturated heterocycles. The molecule has 11 fully saturated rings. The second-order valence-electron chi connectivity index (χ2n) is 45.1. The molecule has 0 radical (unpaired) electrons. The number of aliphatic carboxylic acids is 3. The number of aromatic nitrogens is 8. The number of fused-ring (bicyclic) bond motifs is 3. The van der Waals surface area contributed by atoms with Gasteiger partial charge in [0.25, 0.3) is 0 Å². The van der Waals surface area contributed by atoms with Crippen LogP contribution in [0.1, 0.15) is 229 Å². The first-order valence-corrected chi connectivity index (χ1v) is 56.5. The van der Waals surface area contributed by atoms with Gasteiger partial charge in [-0.1, -0.05) is 94.9 Å². The van der Waals surface area contributed by atoms with Gasteiger partial charge in [-0.25, -0.2) is 19.9 Å². The van der Waals surface area contributed by atoms with Crippen LogP contribution in [0.5, 0.6) is 0 Å². The Hall–Kier alpha value is -9.11. The Balaban J connectivity index is 0.000000122. The summed E-state index contributed by atoms with van der Waals surface area (Å²) in [7, 11) is 0. The zero-order valence-corrected chi connectivity index (χ0v) is 90.9. The fourth-order valence-electron chi connectivity index (χ4n) is 24.7. The van der Waals surface area contributed by atoms with E-state index in [1.807, 2.05) is 58.9 Å². The van der Waals surface area contributed by atoms with Crippen LogP contribution < -0.4 is 40.9 Å². The van der Waals surface area contributed by atoms with E-state index in [1.165, 1.54) is 68.2 Å². The van der Waals surface area contributed by atoms with E-state index in [-0.39, 0.29) is 36.7 Å². The monoisotopic (exact) mass is 2090 g/mol. The molecular weight excluding hydrogens is 1940 g/mol. The first-order chi connectivity index (χ1) is 69.6. The smallest absolute Gasteiger partial charge is 0.309 e. The van der Waals surface area contributed by atoms with Gasteiger partial charge in [0.2, 0.25) is 23.8 Å². The number of nitrogens with one attached hydrogen (secondary N) is 4. The lowest BCUT2D eigenvalue weighted by molar-refractivity contribution is -0.159. The van der Waals surface area contributed by atoms with Crippen LogP contribution in [0.3, 0.4) is 0 Å². The van der Waals surface area contributed by atoms with Crippen LogP contribution in [0, 0.1) is 106 Å². The van der Waals surface area contributed by atoms with Gasteiger partial charge in [0.1, 0.15) is 28.1 Å². The molecule has 14 heterocycles. The molecule has 3 saturated carbocycles. The van der Waals surface area contributed by atoms with E-state index in [9.17, 15) is 34.8 Å². The maximum absolute atomic E-state index is 11.5. The van der Waals surface area contributed by atoms with E-state index < -0.39 is 28.7 Å². The molecule has 27 nitrogen and oxygen atoms in total. The van der Waals surface area contributed by atoms with Gasteiger partial charge < -0.3 is 80.9 Å². The SMILES string of the molecule is Cc1ccc(C(C)Nc2nc(N3CC(C4CCCN(C5CC(C(=O)O)C5)C4)C3)nc(C)c2C)c(Cl)c1.Cc1ccc(C(C)Nc2nc(N3CC(C4CCCN(C5CC(C)(C(=O)O)C5)C4)C3)nc3ccsc23)c(Cl)c1.Cc1ccc(C(C)Nc2nc(N3CC(C4CCCN(C5CC(C)(C(=O)O)C5)C4)C3)nc3sccc23)c(Cl)c1.Cc1ccc(C(C)Nc2nc(N3CC(C4CCCN(CCO)C4)C3)nc3c2CCC3)c(Cl)c1. The van der Waals surface area contributed by atoms with Crippen molar-refractivity contribution in [3.8, 4) is 0 Å². The minimum atomic E-state index is -0.648.